The molecule has 1 aliphatic heterocycles. The highest BCUT2D eigenvalue weighted by Crippen LogP contribution is 2.46. The normalized spacial score (nSPS) is 30.8. The number of methoxy groups -OCH3 is 1. The van der Waals surface area contributed by atoms with E-state index in [1.54, 1.807) is 12.1 Å². The number of ether oxygens (including phenoxy) is 5. The molecular weight excluding hydrogens is 536 g/mol. The molecule has 8 heteroatoms. The second kappa shape index (κ2) is 14.0. The summed E-state index contributed by atoms with van der Waals surface area (Å²) in [5.74, 6) is -1.85. The molecule has 0 spiro atoms. The van der Waals surface area contributed by atoms with E-state index in [1.807, 2.05) is 58.0 Å². The lowest BCUT2D eigenvalue weighted by Gasteiger charge is -2.46. The van der Waals surface area contributed by atoms with Crippen molar-refractivity contribution < 1.29 is 38.1 Å². The van der Waals surface area contributed by atoms with E-state index in [2.05, 4.69) is 13.0 Å². The summed E-state index contributed by atoms with van der Waals surface area (Å²) >= 11 is 0. The molecule has 1 aromatic carbocycles. The fourth-order valence-corrected chi connectivity index (χ4v) is 6.48. The molecule has 0 amide bonds. The van der Waals surface area contributed by atoms with Crippen LogP contribution in [0.15, 0.2) is 54.1 Å². The lowest BCUT2D eigenvalue weighted by atomic mass is 9.65. The van der Waals surface area contributed by atoms with Crippen molar-refractivity contribution in [3.63, 3.8) is 0 Å². The van der Waals surface area contributed by atoms with E-state index in [0.717, 1.165) is 24.8 Å². The van der Waals surface area contributed by atoms with Gasteiger partial charge in [-0.1, -0.05) is 51.1 Å². The average molecular weight is 583 g/mol. The second-order valence-electron chi connectivity index (χ2n) is 12.3. The van der Waals surface area contributed by atoms with Crippen LogP contribution in [0.5, 0.6) is 0 Å². The van der Waals surface area contributed by atoms with Crippen LogP contribution >= 0.6 is 0 Å². The third-order valence-electron chi connectivity index (χ3n) is 8.88. The molecule has 0 unspecified atom stereocenters. The van der Waals surface area contributed by atoms with Gasteiger partial charge in [0.05, 0.1) is 37.2 Å². The molecular formula is C34H46O8. The number of benzene rings is 1. The van der Waals surface area contributed by atoms with Crippen molar-refractivity contribution in [3.05, 3.63) is 59.7 Å². The van der Waals surface area contributed by atoms with Crippen molar-refractivity contribution in [3.8, 4) is 0 Å². The van der Waals surface area contributed by atoms with E-state index >= 15 is 0 Å². The molecule has 0 aromatic heterocycles. The van der Waals surface area contributed by atoms with Crippen LogP contribution in [0.3, 0.4) is 0 Å². The molecule has 0 saturated carbocycles. The van der Waals surface area contributed by atoms with Gasteiger partial charge < -0.3 is 23.7 Å². The van der Waals surface area contributed by atoms with Gasteiger partial charge in [0.25, 0.3) is 0 Å². The van der Waals surface area contributed by atoms with Crippen LogP contribution in [0, 0.1) is 23.7 Å². The highest BCUT2D eigenvalue weighted by molar-refractivity contribution is 5.89. The van der Waals surface area contributed by atoms with Gasteiger partial charge in [-0.05, 0) is 62.8 Å². The highest BCUT2D eigenvalue weighted by atomic mass is 16.7. The summed E-state index contributed by atoms with van der Waals surface area (Å²) in [5.41, 5.74) is 1.55. The number of carbonyl (C=O) groups is 3. The van der Waals surface area contributed by atoms with Gasteiger partial charge in [0.15, 0.2) is 5.79 Å². The maximum Gasteiger partial charge on any atom is 0.338 e. The highest BCUT2D eigenvalue weighted by Gasteiger charge is 2.45. The van der Waals surface area contributed by atoms with Gasteiger partial charge in [0.2, 0.25) is 0 Å². The molecule has 230 valence electrons. The lowest BCUT2D eigenvalue weighted by Crippen LogP contribution is -2.47. The lowest BCUT2D eigenvalue weighted by molar-refractivity contribution is -0.301. The Labute approximate surface area is 249 Å². The summed E-state index contributed by atoms with van der Waals surface area (Å²) in [5, 5.41) is 0. The Bertz CT molecular complexity index is 1160. The van der Waals surface area contributed by atoms with E-state index < -0.39 is 11.9 Å². The molecule has 0 N–H and O–H groups in total. The molecule has 3 aliphatic rings. The summed E-state index contributed by atoms with van der Waals surface area (Å²) in [6.07, 6.45) is 8.60. The van der Waals surface area contributed by atoms with Crippen LogP contribution in [0.1, 0.15) is 83.5 Å². The van der Waals surface area contributed by atoms with E-state index in [0.29, 0.717) is 18.4 Å². The number of hydrogen-bond acceptors (Lipinski definition) is 8. The van der Waals surface area contributed by atoms with Gasteiger partial charge in [-0.15, -0.1) is 0 Å². The van der Waals surface area contributed by atoms with Gasteiger partial charge in [0.1, 0.15) is 12.2 Å². The van der Waals surface area contributed by atoms with E-state index in [9.17, 15) is 14.4 Å². The van der Waals surface area contributed by atoms with Crippen LogP contribution in [0.2, 0.25) is 0 Å². The molecule has 0 radical (unpaired) electrons. The van der Waals surface area contributed by atoms with Crippen molar-refractivity contribution >= 4 is 17.9 Å². The smallest absolute Gasteiger partial charge is 0.338 e. The monoisotopic (exact) mass is 582 g/mol. The Morgan fingerprint density at radius 3 is 2.45 bits per heavy atom. The Hall–Kier alpha value is -2.97. The van der Waals surface area contributed by atoms with Crippen LogP contribution in [-0.4, -0.2) is 55.2 Å². The zero-order chi connectivity index (χ0) is 30.4. The number of carbonyl (C=O) groups excluding carboxylic acids is 3. The zero-order valence-corrected chi connectivity index (χ0v) is 25.7. The predicted octanol–water partition coefficient (Wildman–Crippen LogP) is 6.19. The van der Waals surface area contributed by atoms with Crippen molar-refractivity contribution in [2.45, 2.75) is 103 Å². The van der Waals surface area contributed by atoms with E-state index in [4.69, 9.17) is 23.7 Å². The Morgan fingerprint density at radius 2 is 1.76 bits per heavy atom. The van der Waals surface area contributed by atoms with Crippen LogP contribution in [-0.2, 0) is 33.3 Å². The van der Waals surface area contributed by atoms with Crippen LogP contribution in [0.25, 0.3) is 0 Å². The first-order valence-corrected chi connectivity index (χ1v) is 15.3. The van der Waals surface area contributed by atoms with Crippen LogP contribution < -0.4 is 0 Å². The number of fused-ring (bicyclic) bond motifs is 1. The summed E-state index contributed by atoms with van der Waals surface area (Å²) in [7, 11) is 1.38. The Morgan fingerprint density at radius 1 is 1.05 bits per heavy atom. The maximum absolute atomic E-state index is 13.1. The Balaban J connectivity index is 1.57. The number of hydrogen-bond donors (Lipinski definition) is 0. The summed E-state index contributed by atoms with van der Waals surface area (Å²) in [6.45, 7) is 9.72. The van der Waals surface area contributed by atoms with Crippen LogP contribution in [0.4, 0.5) is 0 Å². The molecule has 0 bridgehead atoms. The maximum atomic E-state index is 13.1. The first-order chi connectivity index (χ1) is 20.0. The molecule has 1 heterocycles. The quantitative estimate of drug-likeness (QED) is 0.238. The Kier molecular flexibility index (Phi) is 10.7. The molecule has 42 heavy (non-hydrogen) atoms. The van der Waals surface area contributed by atoms with Crippen molar-refractivity contribution in [1.29, 1.82) is 0 Å². The van der Waals surface area contributed by atoms with Gasteiger partial charge in [0, 0.05) is 24.7 Å². The first-order valence-electron chi connectivity index (χ1n) is 15.3. The SMILES string of the molecule is CC[C@H](C)C(=O)O[C@H]1CC=CC2=C[C@@H](OC(=O)c3ccccc3)[C@H](C)[C@H](CC[C@@H]3C[C@H](CC(=O)OC)OC(C)(C)O3)[C@H]21. The number of rotatable bonds is 10. The molecule has 1 saturated heterocycles. The summed E-state index contributed by atoms with van der Waals surface area (Å²) < 4.78 is 29.4. The molecule has 8 atom stereocenters. The largest absolute Gasteiger partial charge is 0.469 e. The average Bonchev–Trinajstić information content (AvgIpc) is 2.96. The topological polar surface area (TPSA) is 97.4 Å². The fourth-order valence-electron chi connectivity index (χ4n) is 6.48. The minimum Gasteiger partial charge on any atom is -0.469 e. The van der Waals surface area contributed by atoms with Crippen molar-refractivity contribution in [2.75, 3.05) is 7.11 Å². The van der Waals surface area contributed by atoms with Gasteiger partial charge in [-0.3, -0.25) is 9.59 Å². The second-order valence-corrected chi connectivity index (χ2v) is 12.3. The molecule has 1 aromatic rings. The fraction of sp³-hybridized carbons (Fsp3) is 0.618. The molecule has 1 fully saturated rings. The third-order valence-corrected chi connectivity index (χ3v) is 8.88. The van der Waals surface area contributed by atoms with Gasteiger partial charge in [-0.25, -0.2) is 4.79 Å². The van der Waals surface area contributed by atoms with Gasteiger partial charge in [-0.2, -0.15) is 0 Å². The summed E-state index contributed by atoms with van der Waals surface area (Å²) in [6, 6.07) is 9.01. The zero-order valence-electron chi connectivity index (χ0n) is 25.7. The standard InChI is InChI=1S/C34H46O8/c1-7-21(2)32(36)39-28-15-11-14-24-18-29(40-33(37)23-12-9-8-10-13-23)22(3)27(31(24)28)17-16-25-19-26(20-30(35)38-6)42-34(4,5)41-25/h8-14,18,21-22,25-29,31H,7,15-17,19-20H2,1-6H3/t21-,22+,25+,26+,27-,28-,29+,31-/m0/s1. The third kappa shape index (κ3) is 7.90. The van der Waals surface area contributed by atoms with E-state index in [-0.39, 0.29) is 66.3 Å². The number of allylic oxidation sites excluding steroid dienone is 1. The first kappa shape index (κ1) is 32.0. The van der Waals surface area contributed by atoms with E-state index in [1.165, 1.54) is 7.11 Å². The van der Waals surface area contributed by atoms with Crippen molar-refractivity contribution in [1.82, 2.24) is 0 Å². The molecule has 4 rings (SSSR count). The molecule has 8 nitrogen and oxygen atoms in total. The predicted molar refractivity (Wildman–Crippen MR) is 157 cm³/mol. The van der Waals surface area contributed by atoms with Gasteiger partial charge >= 0.3 is 17.9 Å². The number of esters is 3. The minimum atomic E-state index is -0.833. The molecule has 2 aliphatic carbocycles. The van der Waals surface area contributed by atoms with Crippen molar-refractivity contribution in [2.24, 2.45) is 23.7 Å². The summed E-state index contributed by atoms with van der Waals surface area (Å²) in [4.78, 5) is 37.9. The minimum absolute atomic E-state index is 0.0246.